The number of hydrogen-bond donors (Lipinski definition) is 1. The maximum Gasteiger partial charge on any atom is 0.325 e. The van der Waals surface area contributed by atoms with Crippen LogP contribution in [0.3, 0.4) is 0 Å². The number of carbonyl (C=O) groups is 2. The number of hydrogen-bond acceptors (Lipinski definition) is 2. The van der Waals surface area contributed by atoms with Crippen LogP contribution < -0.4 is 5.32 Å². The van der Waals surface area contributed by atoms with E-state index >= 15 is 0 Å². The quantitative estimate of drug-likeness (QED) is 0.862. The molecule has 1 N–H and O–H groups in total. The summed E-state index contributed by atoms with van der Waals surface area (Å²) in [6.07, 6.45) is 2.00. The van der Waals surface area contributed by atoms with Crippen LogP contribution in [0.1, 0.15) is 25.3 Å². The van der Waals surface area contributed by atoms with Gasteiger partial charge in [0.15, 0.2) is 0 Å². The predicted octanol–water partition coefficient (Wildman–Crippen LogP) is 2.14. The molecule has 1 saturated heterocycles. The van der Waals surface area contributed by atoms with Gasteiger partial charge in [0.1, 0.15) is 17.2 Å². The highest BCUT2D eigenvalue weighted by Crippen LogP contribution is 2.35. The van der Waals surface area contributed by atoms with E-state index in [4.69, 9.17) is 0 Å². The molecule has 2 fully saturated rings. The van der Waals surface area contributed by atoms with Gasteiger partial charge < -0.3 is 5.32 Å². The summed E-state index contributed by atoms with van der Waals surface area (Å²) >= 11 is 0. The molecule has 0 spiro atoms. The lowest BCUT2D eigenvalue weighted by atomic mass is 9.92. The number of carbonyl (C=O) groups excluding carboxylic acids is 2. The van der Waals surface area contributed by atoms with Gasteiger partial charge in [0.2, 0.25) is 0 Å². The summed E-state index contributed by atoms with van der Waals surface area (Å²) in [7, 11) is 0. The Balaban J connectivity index is 1.94. The number of rotatable bonds is 3. The third-order valence-corrected chi connectivity index (χ3v) is 3.85. The molecular weight excluding hydrogens is 266 g/mol. The molecule has 1 aromatic carbocycles. The Labute approximate surface area is 114 Å². The first-order valence-electron chi connectivity index (χ1n) is 6.51. The van der Waals surface area contributed by atoms with Crippen molar-refractivity contribution in [3.8, 4) is 0 Å². The summed E-state index contributed by atoms with van der Waals surface area (Å²) in [5.74, 6) is -1.65. The second kappa shape index (κ2) is 4.26. The van der Waals surface area contributed by atoms with Crippen LogP contribution in [0.15, 0.2) is 18.2 Å². The number of urea groups is 1. The highest BCUT2D eigenvalue weighted by atomic mass is 19.1. The Bertz CT molecular complexity index is 581. The van der Waals surface area contributed by atoms with Gasteiger partial charge in [-0.25, -0.2) is 13.6 Å². The van der Waals surface area contributed by atoms with Gasteiger partial charge >= 0.3 is 6.03 Å². The summed E-state index contributed by atoms with van der Waals surface area (Å²) in [4.78, 5) is 25.5. The minimum absolute atomic E-state index is 0.117. The maximum absolute atomic E-state index is 13.3. The average Bonchev–Trinajstić information content (AvgIpc) is 3.13. The number of imide groups is 1. The molecule has 1 saturated carbocycles. The van der Waals surface area contributed by atoms with Gasteiger partial charge in [-0.05, 0) is 43.4 Å². The van der Waals surface area contributed by atoms with Crippen molar-refractivity contribution in [1.29, 1.82) is 0 Å². The fourth-order valence-corrected chi connectivity index (χ4v) is 2.46. The van der Waals surface area contributed by atoms with E-state index in [2.05, 4.69) is 5.32 Å². The molecule has 1 aromatic rings. The van der Waals surface area contributed by atoms with Crippen molar-refractivity contribution in [2.24, 2.45) is 5.92 Å². The molecule has 1 aliphatic carbocycles. The van der Waals surface area contributed by atoms with E-state index in [1.165, 1.54) is 6.92 Å². The SMILES string of the molecule is CC1(c2cc(F)cc(F)c2)NC(=O)N(CC2CC2)C1=O. The minimum Gasteiger partial charge on any atom is -0.319 e. The van der Waals surface area contributed by atoms with E-state index in [1.807, 2.05) is 0 Å². The standard InChI is InChI=1S/C14H14F2N2O2/c1-14(9-4-10(15)6-11(16)5-9)12(19)18(13(20)17-14)7-8-2-3-8/h4-6,8H,2-3,7H2,1H3,(H,17,20). The van der Waals surface area contributed by atoms with Crippen LogP contribution in [0.5, 0.6) is 0 Å². The lowest BCUT2D eigenvalue weighted by molar-refractivity contribution is -0.131. The topological polar surface area (TPSA) is 49.4 Å². The van der Waals surface area contributed by atoms with Crippen LogP contribution >= 0.6 is 0 Å². The largest absolute Gasteiger partial charge is 0.325 e. The van der Waals surface area contributed by atoms with E-state index in [-0.39, 0.29) is 5.56 Å². The molecule has 1 unspecified atom stereocenters. The molecule has 1 heterocycles. The summed E-state index contributed by atoms with van der Waals surface area (Å²) < 4.78 is 26.6. The van der Waals surface area contributed by atoms with Crippen molar-refractivity contribution in [3.63, 3.8) is 0 Å². The fraction of sp³-hybridized carbons (Fsp3) is 0.429. The van der Waals surface area contributed by atoms with Gasteiger partial charge in [-0.15, -0.1) is 0 Å². The average molecular weight is 280 g/mol. The molecule has 0 aromatic heterocycles. The highest BCUT2D eigenvalue weighted by Gasteiger charge is 2.50. The molecule has 2 aliphatic rings. The molecular formula is C14H14F2N2O2. The van der Waals surface area contributed by atoms with Gasteiger partial charge in [-0.3, -0.25) is 9.69 Å². The normalized spacial score (nSPS) is 26.1. The van der Waals surface area contributed by atoms with E-state index < -0.39 is 29.1 Å². The summed E-state index contributed by atoms with van der Waals surface area (Å²) in [6.45, 7) is 1.84. The molecule has 1 atom stereocenters. The number of nitrogens with one attached hydrogen (secondary N) is 1. The van der Waals surface area contributed by atoms with Gasteiger partial charge in [0.25, 0.3) is 5.91 Å². The molecule has 20 heavy (non-hydrogen) atoms. The third-order valence-electron chi connectivity index (χ3n) is 3.85. The number of halogens is 2. The third kappa shape index (κ3) is 2.05. The fourth-order valence-electron chi connectivity index (χ4n) is 2.46. The van der Waals surface area contributed by atoms with Crippen LogP contribution in [0.25, 0.3) is 0 Å². The molecule has 3 amide bonds. The first-order valence-corrected chi connectivity index (χ1v) is 6.51. The first kappa shape index (κ1) is 13.0. The first-order chi connectivity index (χ1) is 9.40. The summed E-state index contributed by atoms with van der Waals surface area (Å²) in [5.41, 5.74) is -1.29. The minimum atomic E-state index is -1.41. The van der Waals surface area contributed by atoms with Crippen molar-refractivity contribution in [2.45, 2.75) is 25.3 Å². The molecule has 3 rings (SSSR count). The zero-order valence-electron chi connectivity index (χ0n) is 11.0. The molecule has 0 bridgehead atoms. The Morgan fingerprint density at radius 2 is 1.85 bits per heavy atom. The van der Waals surface area contributed by atoms with Gasteiger partial charge in [-0.2, -0.15) is 0 Å². The second-order valence-corrected chi connectivity index (χ2v) is 5.57. The zero-order valence-corrected chi connectivity index (χ0v) is 11.0. The summed E-state index contributed by atoms with van der Waals surface area (Å²) in [6, 6.07) is 2.37. The van der Waals surface area contributed by atoms with Crippen molar-refractivity contribution >= 4 is 11.9 Å². The van der Waals surface area contributed by atoms with Crippen LogP contribution in [0, 0.1) is 17.6 Å². The molecule has 106 valence electrons. The number of benzene rings is 1. The molecule has 4 nitrogen and oxygen atoms in total. The Kier molecular flexibility index (Phi) is 2.77. The van der Waals surface area contributed by atoms with Crippen LogP contribution in [-0.4, -0.2) is 23.4 Å². The van der Waals surface area contributed by atoms with E-state index in [0.29, 0.717) is 12.5 Å². The van der Waals surface area contributed by atoms with Crippen molar-refractivity contribution in [3.05, 3.63) is 35.4 Å². The summed E-state index contributed by atoms with van der Waals surface area (Å²) in [5, 5.41) is 2.54. The van der Waals surface area contributed by atoms with Crippen molar-refractivity contribution < 1.29 is 18.4 Å². The van der Waals surface area contributed by atoms with Gasteiger partial charge in [0.05, 0.1) is 0 Å². The Hall–Kier alpha value is -1.98. The number of amides is 3. The zero-order chi connectivity index (χ0) is 14.5. The smallest absolute Gasteiger partial charge is 0.319 e. The monoisotopic (exact) mass is 280 g/mol. The lowest BCUT2D eigenvalue weighted by Gasteiger charge is -2.22. The van der Waals surface area contributed by atoms with Gasteiger partial charge in [-0.1, -0.05) is 0 Å². The lowest BCUT2D eigenvalue weighted by Crippen LogP contribution is -2.41. The highest BCUT2D eigenvalue weighted by molar-refractivity contribution is 6.07. The second-order valence-electron chi connectivity index (χ2n) is 5.57. The van der Waals surface area contributed by atoms with E-state index in [9.17, 15) is 18.4 Å². The van der Waals surface area contributed by atoms with Crippen molar-refractivity contribution in [1.82, 2.24) is 10.2 Å². The van der Waals surface area contributed by atoms with E-state index in [1.54, 1.807) is 0 Å². The Morgan fingerprint density at radius 3 is 2.40 bits per heavy atom. The molecule has 0 radical (unpaired) electrons. The van der Waals surface area contributed by atoms with Crippen LogP contribution in [-0.2, 0) is 10.3 Å². The van der Waals surface area contributed by atoms with Crippen LogP contribution in [0.4, 0.5) is 13.6 Å². The maximum atomic E-state index is 13.3. The molecule has 6 heteroatoms. The van der Waals surface area contributed by atoms with Crippen LogP contribution in [0.2, 0.25) is 0 Å². The van der Waals surface area contributed by atoms with Gasteiger partial charge in [0, 0.05) is 12.6 Å². The Morgan fingerprint density at radius 1 is 1.25 bits per heavy atom. The number of nitrogens with zero attached hydrogens (tertiary/aromatic N) is 1. The predicted molar refractivity (Wildman–Crippen MR) is 66.7 cm³/mol. The van der Waals surface area contributed by atoms with E-state index in [0.717, 1.165) is 35.9 Å². The molecule has 1 aliphatic heterocycles. The van der Waals surface area contributed by atoms with Crippen molar-refractivity contribution in [2.75, 3.05) is 6.54 Å².